The zero-order valence-corrected chi connectivity index (χ0v) is 7.27. The fourth-order valence-electron chi connectivity index (χ4n) is 1.23. The molecule has 62 valence electrons. The molecule has 0 aromatic rings. The van der Waals surface area contributed by atoms with E-state index in [0.29, 0.717) is 12.5 Å². The Bertz CT molecular complexity index is 61.7. The van der Waals surface area contributed by atoms with E-state index in [1.807, 2.05) is 0 Å². The van der Waals surface area contributed by atoms with E-state index in [1.54, 1.807) is 0 Å². The number of hydrogen-bond acceptors (Lipinski definition) is 1. The molecule has 1 N–H and O–H groups in total. The normalized spacial score (nSPS) is 13.5. The maximum atomic E-state index is 8.88. The Hall–Kier alpha value is -0.0400. The van der Waals surface area contributed by atoms with Crippen molar-refractivity contribution in [2.75, 3.05) is 6.61 Å². The van der Waals surface area contributed by atoms with Crippen molar-refractivity contribution in [2.24, 2.45) is 5.92 Å². The van der Waals surface area contributed by atoms with Crippen LogP contribution in [0, 0.1) is 5.92 Å². The van der Waals surface area contributed by atoms with Gasteiger partial charge < -0.3 is 5.11 Å². The van der Waals surface area contributed by atoms with Crippen molar-refractivity contribution >= 4 is 0 Å². The van der Waals surface area contributed by atoms with Crippen molar-refractivity contribution in [1.82, 2.24) is 0 Å². The molecule has 0 heterocycles. The van der Waals surface area contributed by atoms with Crippen molar-refractivity contribution in [2.45, 2.75) is 46.0 Å². The Labute approximate surface area is 64.5 Å². The summed E-state index contributed by atoms with van der Waals surface area (Å²) >= 11 is 0. The lowest BCUT2D eigenvalue weighted by molar-refractivity contribution is 0.207. The van der Waals surface area contributed by atoms with Gasteiger partial charge >= 0.3 is 0 Å². The van der Waals surface area contributed by atoms with Gasteiger partial charge in [-0.25, -0.2) is 0 Å². The Morgan fingerprint density at radius 1 is 1.10 bits per heavy atom. The summed E-state index contributed by atoms with van der Waals surface area (Å²) in [5.41, 5.74) is 0. The summed E-state index contributed by atoms with van der Waals surface area (Å²) in [4.78, 5) is 0. The standard InChI is InChI=1S/C9H20O/c1-3-5-7-9(8-10)6-4-2/h9-10H,3-8H2,1-2H3. The molecule has 0 aromatic carbocycles. The molecule has 0 fully saturated rings. The molecule has 0 aliphatic rings. The van der Waals surface area contributed by atoms with Gasteiger partial charge in [0, 0.05) is 6.61 Å². The van der Waals surface area contributed by atoms with Gasteiger partial charge in [-0.15, -0.1) is 0 Å². The second-order valence-electron chi connectivity index (χ2n) is 2.98. The van der Waals surface area contributed by atoms with E-state index in [-0.39, 0.29) is 0 Å². The Kier molecular flexibility index (Phi) is 7.04. The van der Waals surface area contributed by atoms with Crippen LogP contribution in [-0.4, -0.2) is 11.7 Å². The van der Waals surface area contributed by atoms with Crippen LogP contribution in [-0.2, 0) is 0 Å². The molecule has 0 saturated carbocycles. The Morgan fingerprint density at radius 3 is 2.20 bits per heavy atom. The van der Waals surface area contributed by atoms with Crippen LogP contribution in [0.5, 0.6) is 0 Å². The fourth-order valence-corrected chi connectivity index (χ4v) is 1.23. The Morgan fingerprint density at radius 2 is 1.80 bits per heavy atom. The van der Waals surface area contributed by atoms with Crippen LogP contribution in [0.15, 0.2) is 0 Å². The summed E-state index contributed by atoms with van der Waals surface area (Å²) in [5, 5.41) is 8.88. The minimum Gasteiger partial charge on any atom is -0.396 e. The van der Waals surface area contributed by atoms with Crippen molar-refractivity contribution in [3.8, 4) is 0 Å². The molecule has 1 atom stereocenters. The lowest BCUT2D eigenvalue weighted by atomic mass is 9.98. The number of hydrogen-bond donors (Lipinski definition) is 1. The van der Waals surface area contributed by atoms with Crippen LogP contribution >= 0.6 is 0 Å². The summed E-state index contributed by atoms with van der Waals surface area (Å²) in [7, 11) is 0. The number of rotatable bonds is 6. The third-order valence-electron chi connectivity index (χ3n) is 1.92. The molecule has 0 amide bonds. The second-order valence-corrected chi connectivity index (χ2v) is 2.98. The van der Waals surface area contributed by atoms with Crippen LogP contribution in [0.25, 0.3) is 0 Å². The molecular formula is C9H20O. The van der Waals surface area contributed by atoms with Gasteiger partial charge in [-0.2, -0.15) is 0 Å². The predicted molar refractivity (Wildman–Crippen MR) is 45.0 cm³/mol. The molecule has 0 aromatic heterocycles. The maximum Gasteiger partial charge on any atom is 0.0459 e. The van der Waals surface area contributed by atoms with Crippen LogP contribution in [0.3, 0.4) is 0 Å². The summed E-state index contributed by atoms with van der Waals surface area (Å²) in [6, 6.07) is 0. The van der Waals surface area contributed by atoms with Gasteiger partial charge in [-0.3, -0.25) is 0 Å². The van der Waals surface area contributed by atoms with E-state index in [4.69, 9.17) is 5.11 Å². The minimum atomic E-state index is 0.383. The molecule has 1 heteroatoms. The van der Waals surface area contributed by atoms with Gasteiger partial charge in [-0.05, 0) is 18.8 Å². The largest absolute Gasteiger partial charge is 0.396 e. The van der Waals surface area contributed by atoms with E-state index in [9.17, 15) is 0 Å². The molecule has 0 spiro atoms. The quantitative estimate of drug-likeness (QED) is 0.607. The van der Waals surface area contributed by atoms with Crippen LogP contribution in [0.1, 0.15) is 46.0 Å². The lowest BCUT2D eigenvalue weighted by Gasteiger charge is -2.10. The Balaban J connectivity index is 3.21. The third kappa shape index (κ3) is 4.80. The van der Waals surface area contributed by atoms with Crippen molar-refractivity contribution in [3.05, 3.63) is 0 Å². The highest BCUT2D eigenvalue weighted by atomic mass is 16.3. The van der Waals surface area contributed by atoms with E-state index in [2.05, 4.69) is 13.8 Å². The molecule has 1 nitrogen and oxygen atoms in total. The third-order valence-corrected chi connectivity index (χ3v) is 1.92. The average molecular weight is 144 g/mol. The maximum absolute atomic E-state index is 8.88. The first-order valence-electron chi connectivity index (χ1n) is 4.46. The van der Waals surface area contributed by atoms with E-state index >= 15 is 0 Å². The van der Waals surface area contributed by atoms with Crippen LogP contribution in [0.4, 0.5) is 0 Å². The first kappa shape index (κ1) is 9.96. The van der Waals surface area contributed by atoms with Gasteiger partial charge in [0.05, 0.1) is 0 Å². The highest BCUT2D eigenvalue weighted by molar-refractivity contribution is 4.55. The molecule has 0 radical (unpaired) electrons. The van der Waals surface area contributed by atoms with Crippen LogP contribution in [0.2, 0.25) is 0 Å². The number of unbranched alkanes of at least 4 members (excludes halogenated alkanes) is 1. The zero-order chi connectivity index (χ0) is 7.82. The van der Waals surface area contributed by atoms with Gasteiger partial charge in [-0.1, -0.05) is 33.1 Å². The minimum absolute atomic E-state index is 0.383. The topological polar surface area (TPSA) is 20.2 Å². The van der Waals surface area contributed by atoms with Gasteiger partial charge in [0.1, 0.15) is 0 Å². The number of aliphatic hydroxyl groups is 1. The molecule has 0 aliphatic carbocycles. The fraction of sp³-hybridized carbons (Fsp3) is 1.00. The van der Waals surface area contributed by atoms with E-state index < -0.39 is 0 Å². The summed E-state index contributed by atoms with van der Waals surface area (Å²) in [5.74, 6) is 0.574. The molecular weight excluding hydrogens is 124 g/mol. The first-order chi connectivity index (χ1) is 4.85. The van der Waals surface area contributed by atoms with Crippen molar-refractivity contribution < 1.29 is 5.11 Å². The highest BCUT2D eigenvalue weighted by Gasteiger charge is 2.03. The monoisotopic (exact) mass is 144 g/mol. The van der Waals surface area contributed by atoms with Crippen LogP contribution < -0.4 is 0 Å². The SMILES string of the molecule is CCCCC(CO)CCC. The number of aliphatic hydroxyl groups excluding tert-OH is 1. The second kappa shape index (κ2) is 7.07. The molecule has 0 aliphatic heterocycles. The lowest BCUT2D eigenvalue weighted by Crippen LogP contribution is -2.04. The molecule has 10 heavy (non-hydrogen) atoms. The summed E-state index contributed by atoms with van der Waals surface area (Å²) in [6.07, 6.45) is 6.12. The molecule has 0 rings (SSSR count). The van der Waals surface area contributed by atoms with Crippen molar-refractivity contribution in [3.63, 3.8) is 0 Å². The van der Waals surface area contributed by atoms with E-state index in [0.717, 1.165) is 0 Å². The summed E-state index contributed by atoms with van der Waals surface area (Å²) < 4.78 is 0. The summed E-state index contributed by atoms with van der Waals surface area (Å²) in [6.45, 7) is 4.75. The predicted octanol–water partition coefficient (Wildman–Crippen LogP) is 2.59. The van der Waals surface area contributed by atoms with Gasteiger partial charge in [0.25, 0.3) is 0 Å². The smallest absolute Gasteiger partial charge is 0.0459 e. The molecule has 0 saturated heterocycles. The van der Waals surface area contributed by atoms with Gasteiger partial charge in [0.15, 0.2) is 0 Å². The van der Waals surface area contributed by atoms with Gasteiger partial charge in [0.2, 0.25) is 0 Å². The zero-order valence-electron chi connectivity index (χ0n) is 7.27. The molecule has 1 unspecified atom stereocenters. The van der Waals surface area contributed by atoms with E-state index in [1.165, 1.54) is 32.1 Å². The average Bonchev–Trinajstić information content (AvgIpc) is 1.98. The van der Waals surface area contributed by atoms with Crippen molar-refractivity contribution in [1.29, 1.82) is 0 Å². The first-order valence-corrected chi connectivity index (χ1v) is 4.46. The highest BCUT2D eigenvalue weighted by Crippen LogP contribution is 2.13. The molecule has 0 bridgehead atoms.